The molecule has 0 aromatic heterocycles. The van der Waals surface area contributed by atoms with Crippen molar-refractivity contribution in [3.63, 3.8) is 0 Å². The van der Waals surface area contributed by atoms with Gasteiger partial charge in [-0.1, -0.05) is 45.6 Å². The summed E-state index contributed by atoms with van der Waals surface area (Å²) in [6, 6.07) is -0.651. The van der Waals surface area contributed by atoms with Gasteiger partial charge in [0.1, 0.15) is 6.04 Å². The van der Waals surface area contributed by atoms with Gasteiger partial charge in [-0.15, -0.1) is 6.58 Å². The van der Waals surface area contributed by atoms with E-state index < -0.39 is 6.04 Å². The Morgan fingerprint density at radius 2 is 1.46 bits per heavy atom. The summed E-state index contributed by atoms with van der Waals surface area (Å²) in [5, 5.41) is 8.53. The highest BCUT2D eigenvalue weighted by molar-refractivity contribution is 5.88. The highest BCUT2D eigenvalue weighted by Crippen LogP contribution is 2.06. The van der Waals surface area contributed by atoms with E-state index in [0.29, 0.717) is 25.9 Å². The third-order valence-electron chi connectivity index (χ3n) is 4.56. The molecule has 0 saturated heterocycles. The molecular weight excluding hydrogens is 354 g/mol. The van der Waals surface area contributed by atoms with E-state index in [-0.39, 0.29) is 24.1 Å². The fourth-order valence-electron chi connectivity index (χ4n) is 2.74. The van der Waals surface area contributed by atoms with Crippen LogP contribution in [0.15, 0.2) is 12.7 Å². The van der Waals surface area contributed by atoms with Crippen LogP contribution in [0, 0.1) is 0 Å². The number of nitrogens with one attached hydrogen (secondary N) is 3. The zero-order valence-electron chi connectivity index (χ0n) is 18.0. The van der Waals surface area contributed by atoms with Crippen LogP contribution >= 0.6 is 0 Å². The normalized spacial score (nSPS) is 11.5. The summed E-state index contributed by atoms with van der Waals surface area (Å²) in [6.45, 7) is 9.07. The molecule has 6 nitrogen and oxygen atoms in total. The van der Waals surface area contributed by atoms with Crippen LogP contribution in [0.25, 0.3) is 0 Å². The molecular formula is C22H41N3O3. The Morgan fingerprint density at radius 1 is 0.821 bits per heavy atom. The van der Waals surface area contributed by atoms with Gasteiger partial charge in [0.25, 0.3) is 0 Å². The van der Waals surface area contributed by atoms with E-state index in [0.717, 1.165) is 57.8 Å². The van der Waals surface area contributed by atoms with Crippen LogP contribution in [0.2, 0.25) is 0 Å². The lowest BCUT2D eigenvalue weighted by Gasteiger charge is -2.18. The van der Waals surface area contributed by atoms with Gasteiger partial charge >= 0.3 is 0 Å². The van der Waals surface area contributed by atoms with Crippen molar-refractivity contribution in [1.29, 1.82) is 0 Å². The van der Waals surface area contributed by atoms with Crippen molar-refractivity contribution in [2.75, 3.05) is 13.1 Å². The van der Waals surface area contributed by atoms with Crippen LogP contribution in [0.3, 0.4) is 0 Å². The molecule has 0 bridgehead atoms. The molecule has 0 fully saturated rings. The van der Waals surface area contributed by atoms with Crippen molar-refractivity contribution >= 4 is 17.7 Å². The first-order valence-corrected chi connectivity index (χ1v) is 11.0. The first kappa shape index (κ1) is 26.1. The van der Waals surface area contributed by atoms with Crippen molar-refractivity contribution < 1.29 is 14.4 Å². The summed E-state index contributed by atoms with van der Waals surface area (Å²) >= 11 is 0. The summed E-state index contributed by atoms with van der Waals surface area (Å²) in [5.74, 6) is -0.392. The highest BCUT2D eigenvalue weighted by Gasteiger charge is 2.21. The number of hydrogen-bond donors (Lipinski definition) is 3. The highest BCUT2D eigenvalue weighted by atomic mass is 16.2. The van der Waals surface area contributed by atoms with Crippen molar-refractivity contribution in [2.24, 2.45) is 0 Å². The van der Waals surface area contributed by atoms with Crippen molar-refractivity contribution in [2.45, 2.75) is 96.9 Å². The standard InChI is InChI=1S/C22H41N3O3/c1-4-7-10-11-12-13-14-21(27)25-19(22(28)24-18-9-6-3)15-16-20(26)23-17-8-5-2/h4,19H,1,5-18H2,2-3H3,(H,23,26)(H,24,28)(H,25,27)/t19-/m0/s1. The maximum Gasteiger partial charge on any atom is 0.242 e. The molecule has 3 amide bonds. The molecule has 0 unspecified atom stereocenters. The van der Waals surface area contributed by atoms with E-state index in [9.17, 15) is 14.4 Å². The van der Waals surface area contributed by atoms with E-state index in [1.165, 1.54) is 0 Å². The predicted octanol–water partition coefficient (Wildman–Crippen LogP) is 3.61. The van der Waals surface area contributed by atoms with Gasteiger partial charge in [0.2, 0.25) is 17.7 Å². The molecule has 1 atom stereocenters. The van der Waals surface area contributed by atoms with Crippen molar-refractivity contribution in [3.8, 4) is 0 Å². The molecule has 6 heteroatoms. The summed E-state index contributed by atoms with van der Waals surface area (Å²) < 4.78 is 0. The van der Waals surface area contributed by atoms with Gasteiger partial charge < -0.3 is 16.0 Å². The van der Waals surface area contributed by atoms with E-state index in [4.69, 9.17) is 0 Å². The Bertz CT molecular complexity index is 452. The van der Waals surface area contributed by atoms with Crippen LogP contribution < -0.4 is 16.0 Å². The van der Waals surface area contributed by atoms with Gasteiger partial charge in [-0.3, -0.25) is 14.4 Å². The number of unbranched alkanes of at least 4 members (excludes halogenated alkanes) is 6. The molecule has 0 aromatic carbocycles. The lowest BCUT2D eigenvalue weighted by molar-refractivity contribution is -0.129. The van der Waals surface area contributed by atoms with Crippen LogP contribution in [-0.4, -0.2) is 36.9 Å². The molecule has 0 rings (SSSR count). The van der Waals surface area contributed by atoms with E-state index in [1.54, 1.807) is 0 Å². The Balaban J connectivity index is 4.38. The van der Waals surface area contributed by atoms with Gasteiger partial charge in [-0.2, -0.15) is 0 Å². The number of amides is 3. The van der Waals surface area contributed by atoms with Crippen LogP contribution in [0.4, 0.5) is 0 Å². The van der Waals surface area contributed by atoms with Gasteiger partial charge in [-0.05, 0) is 38.5 Å². The fraction of sp³-hybridized carbons (Fsp3) is 0.773. The zero-order valence-corrected chi connectivity index (χ0v) is 18.0. The molecule has 0 heterocycles. The second-order valence-electron chi connectivity index (χ2n) is 7.25. The second-order valence-corrected chi connectivity index (χ2v) is 7.25. The van der Waals surface area contributed by atoms with Gasteiger partial charge in [0, 0.05) is 25.9 Å². The summed E-state index contributed by atoms with van der Waals surface area (Å²) in [6.07, 6.45) is 11.7. The number of carbonyl (C=O) groups excluding carboxylic acids is 3. The minimum atomic E-state index is -0.651. The molecule has 3 N–H and O–H groups in total. The van der Waals surface area contributed by atoms with Gasteiger partial charge in [-0.25, -0.2) is 0 Å². The SMILES string of the molecule is C=CCCCCCCC(=O)N[C@@H](CCC(=O)NCCCC)C(=O)NCCCC. The predicted molar refractivity (Wildman–Crippen MR) is 115 cm³/mol. The maximum absolute atomic E-state index is 12.4. The Labute approximate surface area is 171 Å². The summed E-state index contributed by atoms with van der Waals surface area (Å²) in [7, 11) is 0. The molecule has 0 aliphatic carbocycles. The Morgan fingerprint density at radius 3 is 2.11 bits per heavy atom. The van der Waals surface area contributed by atoms with Crippen molar-refractivity contribution in [1.82, 2.24) is 16.0 Å². The van der Waals surface area contributed by atoms with Gasteiger partial charge in [0.05, 0.1) is 0 Å². The molecule has 0 aliphatic rings. The summed E-state index contributed by atoms with van der Waals surface area (Å²) in [5.41, 5.74) is 0. The lowest BCUT2D eigenvalue weighted by Crippen LogP contribution is -2.47. The molecule has 0 radical (unpaired) electrons. The monoisotopic (exact) mass is 395 g/mol. The van der Waals surface area contributed by atoms with E-state index in [1.807, 2.05) is 6.08 Å². The number of allylic oxidation sites excluding steroid dienone is 1. The van der Waals surface area contributed by atoms with Crippen LogP contribution in [0.1, 0.15) is 90.9 Å². The average Bonchev–Trinajstić information content (AvgIpc) is 2.68. The summed E-state index contributed by atoms with van der Waals surface area (Å²) in [4.78, 5) is 36.6. The molecule has 0 saturated carbocycles. The minimum absolute atomic E-state index is 0.0729. The van der Waals surface area contributed by atoms with E-state index >= 15 is 0 Å². The smallest absolute Gasteiger partial charge is 0.242 e. The molecule has 162 valence electrons. The number of carbonyl (C=O) groups is 3. The molecule has 28 heavy (non-hydrogen) atoms. The third kappa shape index (κ3) is 15.2. The Kier molecular flexibility index (Phi) is 17.3. The largest absolute Gasteiger partial charge is 0.356 e. The Hall–Kier alpha value is -1.85. The zero-order chi connectivity index (χ0) is 21.0. The lowest BCUT2D eigenvalue weighted by atomic mass is 10.1. The maximum atomic E-state index is 12.4. The number of rotatable bonds is 18. The van der Waals surface area contributed by atoms with Crippen LogP contribution in [-0.2, 0) is 14.4 Å². The second kappa shape index (κ2) is 18.5. The average molecular weight is 396 g/mol. The van der Waals surface area contributed by atoms with Crippen LogP contribution in [0.5, 0.6) is 0 Å². The topological polar surface area (TPSA) is 87.3 Å². The molecule has 0 aromatic rings. The molecule has 0 spiro atoms. The first-order chi connectivity index (χ1) is 13.5. The first-order valence-electron chi connectivity index (χ1n) is 11.0. The molecule has 0 aliphatic heterocycles. The van der Waals surface area contributed by atoms with E-state index in [2.05, 4.69) is 36.4 Å². The third-order valence-corrected chi connectivity index (χ3v) is 4.56. The minimum Gasteiger partial charge on any atom is -0.356 e. The quantitative estimate of drug-likeness (QED) is 0.245. The number of hydrogen-bond acceptors (Lipinski definition) is 3. The van der Waals surface area contributed by atoms with Gasteiger partial charge in [0.15, 0.2) is 0 Å². The fourth-order valence-corrected chi connectivity index (χ4v) is 2.74. The van der Waals surface area contributed by atoms with Crippen molar-refractivity contribution in [3.05, 3.63) is 12.7 Å².